The van der Waals surface area contributed by atoms with Crippen molar-refractivity contribution in [2.75, 3.05) is 11.1 Å². The summed E-state index contributed by atoms with van der Waals surface area (Å²) in [6.07, 6.45) is 1.66. The third-order valence-corrected chi connectivity index (χ3v) is 3.36. The number of aromatic nitrogens is 2. The maximum atomic E-state index is 12.3. The number of rotatable bonds is 2. The Balaban J connectivity index is 1.97. The molecule has 6 heteroatoms. The Morgan fingerprint density at radius 1 is 1.25 bits per heavy atom. The van der Waals surface area contributed by atoms with Crippen LogP contribution < -0.4 is 11.1 Å². The van der Waals surface area contributed by atoms with Crippen molar-refractivity contribution in [1.29, 1.82) is 0 Å². The molecular weight excluding hydrogens is 276 g/mol. The Hall–Kier alpha value is -2.53. The topological polar surface area (TPSA) is 83.8 Å². The fourth-order valence-corrected chi connectivity index (χ4v) is 2.18. The number of carbonyl (C=O) groups is 1. The summed E-state index contributed by atoms with van der Waals surface area (Å²) in [5, 5.41) is 10.8. The van der Waals surface area contributed by atoms with Crippen molar-refractivity contribution in [3.63, 3.8) is 0 Å². The number of nitrogens with one attached hydrogen (secondary N) is 2. The molecule has 100 valence electrons. The van der Waals surface area contributed by atoms with E-state index in [4.69, 9.17) is 17.3 Å². The molecule has 20 heavy (non-hydrogen) atoms. The predicted octanol–water partition coefficient (Wildman–Crippen LogP) is 3.05. The van der Waals surface area contributed by atoms with E-state index in [1.54, 1.807) is 30.5 Å². The number of amides is 1. The van der Waals surface area contributed by atoms with Gasteiger partial charge in [0.2, 0.25) is 0 Å². The van der Waals surface area contributed by atoms with Crippen molar-refractivity contribution in [2.45, 2.75) is 0 Å². The van der Waals surface area contributed by atoms with Gasteiger partial charge in [-0.2, -0.15) is 5.10 Å². The maximum absolute atomic E-state index is 12.3. The highest BCUT2D eigenvalue weighted by atomic mass is 35.5. The first-order chi connectivity index (χ1) is 9.66. The Morgan fingerprint density at radius 3 is 2.90 bits per heavy atom. The number of aromatic amines is 1. The Bertz CT molecular complexity index is 797. The van der Waals surface area contributed by atoms with Crippen LogP contribution in [0.25, 0.3) is 10.9 Å². The number of hydrogen-bond donors (Lipinski definition) is 3. The van der Waals surface area contributed by atoms with Gasteiger partial charge in [0.15, 0.2) is 0 Å². The van der Waals surface area contributed by atoms with Gasteiger partial charge in [0.25, 0.3) is 5.91 Å². The van der Waals surface area contributed by atoms with Crippen molar-refractivity contribution < 1.29 is 4.79 Å². The van der Waals surface area contributed by atoms with Gasteiger partial charge in [-0.05, 0) is 24.3 Å². The molecule has 5 nitrogen and oxygen atoms in total. The number of halogens is 1. The summed E-state index contributed by atoms with van der Waals surface area (Å²) in [6.45, 7) is 0. The number of nitrogens with two attached hydrogens (primary N) is 1. The molecule has 0 aliphatic carbocycles. The van der Waals surface area contributed by atoms with Crippen LogP contribution in [0.1, 0.15) is 10.4 Å². The molecule has 0 aliphatic heterocycles. The number of nitrogens with zero attached hydrogens (tertiary/aromatic N) is 1. The highest BCUT2D eigenvalue weighted by Gasteiger charge is 2.13. The smallest absolute Gasteiger partial charge is 0.257 e. The summed E-state index contributed by atoms with van der Waals surface area (Å²) in [5.41, 5.74) is 7.95. The zero-order chi connectivity index (χ0) is 14.1. The van der Waals surface area contributed by atoms with Gasteiger partial charge in [0, 0.05) is 5.39 Å². The van der Waals surface area contributed by atoms with E-state index in [0.29, 0.717) is 16.3 Å². The molecule has 1 aromatic heterocycles. The second kappa shape index (κ2) is 4.86. The van der Waals surface area contributed by atoms with Crippen molar-refractivity contribution >= 4 is 39.8 Å². The molecule has 0 saturated heterocycles. The average molecular weight is 287 g/mol. The Morgan fingerprint density at radius 2 is 2.05 bits per heavy atom. The van der Waals surface area contributed by atoms with Crippen molar-refractivity contribution in [1.82, 2.24) is 10.2 Å². The number of para-hydroxylation sites is 1. The highest BCUT2D eigenvalue weighted by Crippen LogP contribution is 2.25. The lowest BCUT2D eigenvalue weighted by Crippen LogP contribution is -2.14. The largest absolute Gasteiger partial charge is 0.397 e. The van der Waals surface area contributed by atoms with Crippen LogP contribution in [0.15, 0.2) is 42.6 Å². The Labute approximate surface area is 119 Å². The van der Waals surface area contributed by atoms with Crippen LogP contribution in [-0.2, 0) is 0 Å². The minimum absolute atomic E-state index is 0.269. The summed E-state index contributed by atoms with van der Waals surface area (Å²) in [6, 6.07) is 10.5. The second-order valence-corrected chi connectivity index (χ2v) is 4.70. The quantitative estimate of drug-likeness (QED) is 0.633. The number of anilines is 2. The average Bonchev–Trinajstić information content (AvgIpc) is 2.91. The molecule has 0 spiro atoms. The van der Waals surface area contributed by atoms with Gasteiger partial charge >= 0.3 is 0 Å². The fourth-order valence-electron chi connectivity index (χ4n) is 2.00. The number of benzene rings is 2. The van der Waals surface area contributed by atoms with Crippen molar-refractivity contribution in [2.24, 2.45) is 0 Å². The van der Waals surface area contributed by atoms with Crippen LogP contribution >= 0.6 is 11.6 Å². The molecule has 3 aromatic rings. The zero-order valence-electron chi connectivity index (χ0n) is 10.4. The summed E-state index contributed by atoms with van der Waals surface area (Å²) >= 11 is 5.92. The molecule has 3 rings (SSSR count). The number of hydrogen-bond acceptors (Lipinski definition) is 3. The van der Waals surface area contributed by atoms with Crippen molar-refractivity contribution in [3.8, 4) is 0 Å². The van der Waals surface area contributed by atoms with E-state index in [9.17, 15) is 4.79 Å². The van der Waals surface area contributed by atoms with Crippen molar-refractivity contribution in [3.05, 3.63) is 53.2 Å². The van der Waals surface area contributed by atoms with E-state index in [2.05, 4.69) is 15.5 Å². The summed E-state index contributed by atoms with van der Waals surface area (Å²) in [4.78, 5) is 12.3. The number of H-pyrrole nitrogens is 1. The highest BCUT2D eigenvalue weighted by molar-refractivity contribution is 6.34. The normalized spacial score (nSPS) is 10.7. The van der Waals surface area contributed by atoms with E-state index in [1.807, 2.05) is 12.1 Å². The molecule has 1 heterocycles. The number of carbonyl (C=O) groups excluding carboxylic acids is 1. The molecule has 4 N–H and O–H groups in total. The van der Waals surface area contributed by atoms with E-state index in [-0.39, 0.29) is 11.6 Å². The summed E-state index contributed by atoms with van der Waals surface area (Å²) < 4.78 is 0. The molecule has 0 radical (unpaired) electrons. The van der Waals surface area contributed by atoms with Crippen LogP contribution in [0, 0.1) is 0 Å². The van der Waals surface area contributed by atoms with Gasteiger partial charge < -0.3 is 11.1 Å². The monoisotopic (exact) mass is 286 g/mol. The van der Waals surface area contributed by atoms with Crippen LogP contribution in [0.2, 0.25) is 5.02 Å². The SMILES string of the molecule is Nc1c(Cl)cccc1C(=O)Nc1cccc2[nH]ncc12. The van der Waals surface area contributed by atoms with E-state index in [1.165, 1.54) is 0 Å². The lowest BCUT2D eigenvalue weighted by atomic mass is 10.1. The molecule has 0 unspecified atom stereocenters. The van der Waals surface area contributed by atoms with Gasteiger partial charge in [-0.25, -0.2) is 0 Å². The molecule has 0 bridgehead atoms. The van der Waals surface area contributed by atoms with Crippen LogP contribution in [0.4, 0.5) is 11.4 Å². The summed E-state index contributed by atoms with van der Waals surface area (Å²) in [7, 11) is 0. The molecule has 1 amide bonds. The number of fused-ring (bicyclic) bond motifs is 1. The van der Waals surface area contributed by atoms with Crippen LogP contribution in [0.5, 0.6) is 0 Å². The first-order valence-electron chi connectivity index (χ1n) is 5.94. The number of nitrogen functional groups attached to an aromatic ring is 1. The fraction of sp³-hybridized carbons (Fsp3) is 0. The van der Waals surface area contributed by atoms with Gasteiger partial charge in [0.1, 0.15) is 0 Å². The first kappa shape index (κ1) is 12.5. The third kappa shape index (κ3) is 2.08. The minimum Gasteiger partial charge on any atom is -0.397 e. The molecule has 0 atom stereocenters. The van der Waals surface area contributed by atoms with Gasteiger partial charge in [0.05, 0.1) is 33.7 Å². The molecule has 0 fully saturated rings. The summed E-state index contributed by atoms with van der Waals surface area (Å²) in [5.74, 6) is -0.307. The maximum Gasteiger partial charge on any atom is 0.257 e. The molecule has 0 aliphatic rings. The van der Waals surface area contributed by atoms with Crippen LogP contribution in [0.3, 0.4) is 0 Å². The van der Waals surface area contributed by atoms with Gasteiger partial charge in [-0.15, -0.1) is 0 Å². The Kier molecular flexibility index (Phi) is 3.04. The lowest BCUT2D eigenvalue weighted by molar-refractivity contribution is 0.102. The van der Waals surface area contributed by atoms with E-state index < -0.39 is 0 Å². The first-order valence-corrected chi connectivity index (χ1v) is 6.32. The molecular formula is C14H11ClN4O. The minimum atomic E-state index is -0.307. The van der Waals surface area contributed by atoms with Gasteiger partial charge in [-0.3, -0.25) is 9.89 Å². The van der Waals surface area contributed by atoms with Crippen LogP contribution in [-0.4, -0.2) is 16.1 Å². The predicted molar refractivity (Wildman–Crippen MR) is 79.9 cm³/mol. The zero-order valence-corrected chi connectivity index (χ0v) is 11.1. The third-order valence-electron chi connectivity index (χ3n) is 3.03. The standard InChI is InChI=1S/C14H11ClN4O/c15-10-4-1-3-8(13(10)16)14(20)18-11-5-2-6-12-9(11)7-17-19-12/h1-7H,16H2,(H,17,19)(H,18,20). The van der Waals surface area contributed by atoms with Gasteiger partial charge in [-0.1, -0.05) is 23.7 Å². The van der Waals surface area contributed by atoms with E-state index in [0.717, 1.165) is 10.9 Å². The molecule has 2 aromatic carbocycles. The second-order valence-electron chi connectivity index (χ2n) is 4.29. The lowest BCUT2D eigenvalue weighted by Gasteiger charge is -2.09. The molecule has 0 saturated carbocycles. The van der Waals surface area contributed by atoms with E-state index >= 15 is 0 Å².